The van der Waals surface area contributed by atoms with Crippen LogP contribution < -0.4 is 14.8 Å². The fourth-order valence-corrected chi connectivity index (χ4v) is 5.37. The molecule has 2 aromatic rings. The zero-order chi connectivity index (χ0) is 21.7. The van der Waals surface area contributed by atoms with E-state index >= 15 is 0 Å². The number of nitrogens with zero attached hydrogens (tertiary/aromatic N) is 1. The SMILES string of the molecule is O=C(NCCc1ccc(S(=O)(=O)N2CCCCCC2)cc1)C1COc2ccccc2O1. The Morgan fingerprint density at radius 3 is 2.35 bits per heavy atom. The van der Waals surface area contributed by atoms with Gasteiger partial charge in [0.05, 0.1) is 4.90 Å². The van der Waals surface area contributed by atoms with Crippen LogP contribution in [-0.2, 0) is 21.2 Å². The molecule has 0 spiro atoms. The Morgan fingerprint density at radius 2 is 1.65 bits per heavy atom. The second kappa shape index (κ2) is 9.70. The summed E-state index contributed by atoms with van der Waals surface area (Å²) in [4.78, 5) is 12.7. The Morgan fingerprint density at radius 1 is 0.968 bits per heavy atom. The molecule has 0 aliphatic carbocycles. The molecule has 7 nitrogen and oxygen atoms in total. The minimum atomic E-state index is -3.44. The average Bonchev–Trinajstić information content (AvgIpc) is 3.09. The second-order valence-corrected chi connectivity index (χ2v) is 9.81. The van der Waals surface area contributed by atoms with Crippen LogP contribution in [0.25, 0.3) is 0 Å². The van der Waals surface area contributed by atoms with E-state index in [0.717, 1.165) is 31.2 Å². The van der Waals surface area contributed by atoms with E-state index in [2.05, 4.69) is 5.32 Å². The van der Waals surface area contributed by atoms with Crippen LogP contribution >= 0.6 is 0 Å². The van der Waals surface area contributed by atoms with Crippen molar-refractivity contribution in [2.24, 2.45) is 0 Å². The first-order valence-corrected chi connectivity index (χ1v) is 12.2. The van der Waals surface area contributed by atoms with Gasteiger partial charge in [-0.3, -0.25) is 4.79 Å². The van der Waals surface area contributed by atoms with Crippen molar-refractivity contribution >= 4 is 15.9 Å². The van der Waals surface area contributed by atoms with Crippen LogP contribution in [0.2, 0.25) is 0 Å². The predicted molar refractivity (Wildman–Crippen MR) is 117 cm³/mol. The van der Waals surface area contributed by atoms with Gasteiger partial charge in [0.25, 0.3) is 5.91 Å². The molecule has 0 aromatic heterocycles. The number of para-hydroxylation sites is 2. The van der Waals surface area contributed by atoms with E-state index in [9.17, 15) is 13.2 Å². The van der Waals surface area contributed by atoms with Gasteiger partial charge >= 0.3 is 0 Å². The van der Waals surface area contributed by atoms with Crippen LogP contribution in [0, 0.1) is 0 Å². The van der Waals surface area contributed by atoms with Crippen molar-refractivity contribution in [3.05, 3.63) is 54.1 Å². The zero-order valence-corrected chi connectivity index (χ0v) is 18.3. The van der Waals surface area contributed by atoms with Gasteiger partial charge in [-0.25, -0.2) is 8.42 Å². The third-order valence-electron chi connectivity index (χ3n) is 5.64. The molecule has 8 heteroatoms. The van der Waals surface area contributed by atoms with E-state index < -0.39 is 16.1 Å². The van der Waals surface area contributed by atoms with Crippen molar-refractivity contribution in [1.29, 1.82) is 0 Å². The van der Waals surface area contributed by atoms with Crippen molar-refractivity contribution in [2.75, 3.05) is 26.2 Å². The van der Waals surface area contributed by atoms with E-state index in [4.69, 9.17) is 9.47 Å². The summed E-state index contributed by atoms with van der Waals surface area (Å²) in [7, 11) is -3.44. The molecular formula is C23H28N2O5S. The zero-order valence-electron chi connectivity index (χ0n) is 17.5. The van der Waals surface area contributed by atoms with E-state index in [0.29, 0.717) is 42.4 Å². The molecule has 1 amide bonds. The van der Waals surface area contributed by atoms with Crippen LogP contribution in [0.5, 0.6) is 11.5 Å². The maximum absolute atomic E-state index is 12.9. The lowest BCUT2D eigenvalue weighted by atomic mass is 10.1. The fourth-order valence-electron chi connectivity index (χ4n) is 3.85. The van der Waals surface area contributed by atoms with Gasteiger partial charge in [-0.2, -0.15) is 4.31 Å². The largest absolute Gasteiger partial charge is 0.485 e. The van der Waals surface area contributed by atoms with Crippen molar-refractivity contribution in [1.82, 2.24) is 9.62 Å². The molecule has 0 saturated carbocycles. The number of rotatable bonds is 6. The molecule has 1 atom stereocenters. The summed E-state index contributed by atoms with van der Waals surface area (Å²) >= 11 is 0. The van der Waals surface area contributed by atoms with Gasteiger partial charge in [-0.1, -0.05) is 37.1 Å². The van der Waals surface area contributed by atoms with Crippen molar-refractivity contribution < 1.29 is 22.7 Å². The molecule has 1 fully saturated rings. The predicted octanol–water partition coefficient (Wildman–Crippen LogP) is 2.75. The maximum Gasteiger partial charge on any atom is 0.264 e. The van der Waals surface area contributed by atoms with Gasteiger partial charge in [0.1, 0.15) is 6.61 Å². The standard InChI is InChI=1S/C23H28N2O5S/c26-23(22-17-29-20-7-3-4-8-21(20)30-22)24-14-13-18-9-11-19(12-10-18)31(27,28)25-15-5-1-2-6-16-25/h3-4,7-12,22H,1-2,5-6,13-17H2,(H,24,26). The van der Waals surface area contributed by atoms with Crippen molar-refractivity contribution in [3.63, 3.8) is 0 Å². The first-order chi connectivity index (χ1) is 15.0. The first kappa shape index (κ1) is 21.6. The third kappa shape index (κ3) is 5.19. The quantitative estimate of drug-likeness (QED) is 0.741. The van der Waals surface area contributed by atoms with Gasteiger partial charge < -0.3 is 14.8 Å². The summed E-state index contributed by atoms with van der Waals surface area (Å²) in [5, 5.41) is 2.86. The molecule has 0 bridgehead atoms. The Bertz CT molecular complexity index is 999. The topological polar surface area (TPSA) is 84.9 Å². The smallest absolute Gasteiger partial charge is 0.264 e. The first-order valence-electron chi connectivity index (χ1n) is 10.8. The van der Waals surface area contributed by atoms with E-state index in [1.54, 1.807) is 28.6 Å². The molecule has 2 aromatic carbocycles. The number of benzene rings is 2. The normalized spacial score (nSPS) is 19.4. The van der Waals surface area contributed by atoms with E-state index in [-0.39, 0.29) is 12.5 Å². The number of ether oxygens (including phenoxy) is 2. The summed E-state index contributed by atoms with van der Waals surface area (Å²) < 4.78 is 38.6. The monoisotopic (exact) mass is 444 g/mol. The second-order valence-electron chi connectivity index (χ2n) is 7.87. The van der Waals surface area contributed by atoms with Crippen LogP contribution in [0.15, 0.2) is 53.4 Å². The lowest BCUT2D eigenvalue weighted by Gasteiger charge is -2.25. The molecule has 0 radical (unpaired) electrons. The summed E-state index contributed by atoms with van der Waals surface area (Å²) in [5.74, 6) is 0.978. The van der Waals surface area contributed by atoms with Gasteiger partial charge in [-0.15, -0.1) is 0 Å². The number of carbonyl (C=O) groups is 1. The number of hydrogen-bond donors (Lipinski definition) is 1. The summed E-state index contributed by atoms with van der Waals surface area (Å²) in [5.41, 5.74) is 0.960. The van der Waals surface area contributed by atoms with Crippen molar-refractivity contribution in [2.45, 2.75) is 43.1 Å². The van der Waals surface area contributed by atoms with Gasteiger partial charge in [-0.05, 0) is 49.1 Å². The minimum Gasteiger partial charge on any atom is -0.485 e. The number of carbonyl (C=O) groups excluding carboxylic acids is 1. The lowest BCUT2D eigenvalue weighted by molar-refractivity contribution is -0.130. The van der Waals surface area contributed by atoms with Crippen molar-refractivity contribution in [3.8, 4) is 11.5 Å². The molecule has 1 unspecified atom stereocenters. The van der Waals surface area contributed by atoms with Crippen LogP contribution in [-0.4, -0.2) is 51.0 Å². The number of fused-ring (bicyclic) bond motifs is 1. The molecule has 1 N–H and O–H groups in total. The van der Waals surface area contributed by atoms with E-state index in [1.165, 1.54) is 0 Å². The molecule has 1 saturated heterocycles. The number of sulfonamides is 1. The molecule has 31 heavy (non-hydrogen) atoms. The van der Waals surface area contributed by atoms with Gasteiger partial charge in [0.15, 0.2) is 11.5 Å². The minimum absolute atomic E-state index is 0.173. The molecular weight excluding hydrogens is 416 g/mol. The molecule has 2 aliphatic heterocycles. The third-order valence-corrected chi connectivity index (χ3v) is 7.55. The Labute approximate surface area is 183 Å². The maximum atomic E-state index is 12.9. The van der Waals surface area contributed by atoms with Gasteiger partial charge in [0, 0.05) is 19.6 Å². The summed E-state index contributed by atoms with van der Waals surface area (Å²) in [6, 6.07) is 14.2. The Kier molecular flexibility index (Phi) is 6.77. The Balaban J connectivity index is 1.28. The molecule has 166 valence electrons. The number of hydrogen-bond acceptors (Lipinski definition) is 5. The molecule has 2 heterocycles. The highest BCUT2D eigenvalue weighted by atomic mass is 32.2. The average molecular weight is 445 g/mol. The van der Waals surface area contributed by atoms with E-state index in [1.807, 2.05) is 24.3 Å². The lowest BCUT2D eigenvalue weighted by Crippen LogP contribution is -2.44. The number of amides is 1. The highest BCUT2D eigenvalue weighted by Gasteiger charge is 2.27. The summed E-state index contributed by atoms with van der Waals surface area (Å²) in [6.45, 7) is 1.78. The highest BCUT2D eigenvalue weighted by molar-refractivity contribution is 7.89. The highest BCUT2D eigenvalue weighted by Crippen LogP contribution is 2.30. The van der Waals surface area contributed by atoms with Crippen LogP contribution in [0.1, 0.15) is 31.2 Å². The van der Waals surface area contributed by atoms with Crippen LogP contribution in [0.4, 0.5) is 0 Å². The summed E-state index contributed by atoms with van der Waals surface area (Å²) in [6.07, 6.45) is 3.91. The Hall–Kier alpha value is -2.58. The number of nitrogens with one attached hydrogen (secondary N) is 1. The molecule has 2 aliphatic rings. The van der Waals surface area contributed by atoms with Gasteiger partial charge in [0.2, 0.25) is 16.1 Å². The fraction of sp³-hybridized carbons (Fsp3) is 0.435. The molecule has 4 rings (SSSR count). The van der Waals surface area contributed by atoms with Crippen LogP contribution in [0.3, 0.4) is 0 Å².